The second-order valence-corrected chi connectivity index (χ2v) is 10.1. The van der Waals surface area contributed by atoms with Crippen LogP contribution in [0, 0.1) is 13.8 Å². The molecule has 0 atom stereocenters. The minimum atomic E-state index is 0.136. The van der Waals surface area contributed by atoms with Gasteiger partial charge in [0.05, 0.1) is 36.0 Å². The van der Waals surface area contributed by atoms with Gasteiger partial charge in [0.2, 0.25) is 0 Å². The van der Waals surface area contributed by atoms with Crippen LogP contribution in [0.1, 0.15) is 33.6 Å². The molecule has 0 fully saturated rings. The van der Waals surface area contributed by atoms with Gasteiger partial charge in [-0.15, -0.1) is 0 Å². The first kappa shape index (κ1) is 29.4. The maximum Gasteiger partial charge on any atom is 0.128 e. The molecule has 0 radical (unpaired) electrons. The molecule has 8 nitrogen and oxygen atoms in total. The molecule has 0 aliphatic rings. The van der Waals surface area contributed by atoms with E-state index < -0.39 is 0 Å². The number of hydrogen-bond donors (Lipinski definition) is 4. The van der Waals surface area contributed by atoms with Crippen LogP contribution in [0.15, 0.2) is 60.7 Å². The number of ether oxygens (including phenoxy) is 2. The van der Waals surface area contributed by atoms with Crippen molar-refractivity contribution in [2.75, 3.05) is 26.3 Å². The number of aliphatic hydroxyl groups excluding tert-OH is 2. The van der Waals surface area contributed by atoms with E-state index in [-0.39, 0.29) is 13.2 Å². The highest BCUT2D eigenvalue weighted by molar-refractivity contribution is 5.58. The van der Waals surface area contributed by atoms with Crippen molar-refractivity contribution >= 4 is 0 Å². The summed E-state index contributed by atoms with van der Waals surface area (Å²) in [6.07, 6.45) is 0. The van der Waals surface area contributed by atoms with Crippen LogP contribution in [0.2, 0.25) is 0 Å². The van der Waals surface area contributed by atoms with E-state index in [1.165, 1.54) is 11.1 Å². The van der Waals surface area contributed by atoms with Gasteiger partial charge in [-0.1, -0.05) is 24.3 Å². The lowest BCUT2D eigenvalue weighted by Crippen LogP contribution is -2.17. The van der Waals surface area contributed by atoms with E-state index in [1.54, 1.807) is 0 Å². The summed E-state index contributed by atoms with van der Waals surface area (Å²) in [5.41, 5.74) is 8.93. The Balaban J connectivity index is 1.37. The summed E-state index contributed by atoms with van der Waals surface area (Å²) in [5.74, 6) is 1.74. The number of hydrogen-bond acceptors (Lipinski definition) is 6. The second kappa shape index (κ2) is 14.2. The van der Waals surface area contributed by atoms with Crippen LogP contribution in [-0.2, 0) is 40.4 Å². The summed E-state index contributed by atoms with van der Waals surface area (Å²) in [6.45, 7) is 7.96. The molecule has 0 bridgehead atoms. The number of aromatic nitrogens is 2. The molecule has 0 saturated heterocycles. The third kappa shape index (κ3) is 7.34. The van der Waals surface area contributed by atoms with E-state index in [2.05, 4.69) is 96.2 Å². The number of nitrogens with zero attached hydrogens (tertiary/aromatic N) is 2. The highest BCUT2D eigenvalue weighted by Gasteiger charge is 2.14. The van der Waals surface area contributed by atoms with Gasteiger partial charge in [0.1, 0.15) is 24.7 Å². The molecule has 2 aromatic heterocycles. The summed E-state index contributed by atoms with van der Waals surface area (Å²) in [6, 6.07) is 20.9. The summed E-state index contributed by atoms with van der Waals surface area (Å²) in [5, 5.41) is 24.3. The lowest BCUT2D eigenvalue weighted by molar-refractivity contribution is 0.291. The van der Waals surface area contributed by atoms with Crippen LogP contribution in [0.25, 0.3) is 11.4 Å². The zero-order valence-electron chi connectivity index (χ0n) is 24.0. The molecule has 0 saturated carbocycles. The fourth-order valence-corrected chi connectivity index (χ4v) is 4.80. The molecule has 0 spiro atoms. The van der Waals surface area contributed by atoms with Gasteiger partial charge in [0.15, 0.2) is 0 Å². The zero-order valence-corrected chi connectivity index (χ0v) is 24.0. The van der Waals surface area contributed by atoms with Crippen molar-refractivity contribution in [3.8, 4) is 22.9 Å². The monoisotopic (exact) mass is 546 g/mol. The van der Waals surface area contributed by atoms with Gasteiger partial charge < -0.3 is 39.5 Å². The summed E-state index contributed by atoms with van der Waals surface area (Å²) < 4.78 is 16.7. The lowest BCUT2D eigenvalue weighted by Gasteiger charge is -2.14. The first-order valence-electron chi connectivity index (χ1n) is 13.8. The van der Waals surface area contributed by atoms with Crippen molar-refractivity contribution < 1.29 is 19.7 Å². The normalized spacial score (nSPS) is 11.2. The maximum atomic E-state index is 8.95. The number of aliphatic hydroxyl groups is 2. The number of benzene rings is 2. The molecule has 8 heteroatoms. The Morgan fingerprint density at radius 2 is 1.05 bits per heavy atom. The van der Waals surface area contributed by atoms with Gasteiger partial charge in [-0.25, -0.2) is 0 Å². The molecule has 2 heterocycles. The van der Waals surface area contributed by atoms with Crippen LogP contribution in [-0.4, -0.2) is 45.7 Å². The predicted octanol–water partition coefficient (Wildman–Crippen LogP) is 3.97. The van der Waals surface area contributed by atoms with Gasteiger partial charge in [-0.05, 0) is 72.5 Å². The topological polar surface area (TPSA) is 92.8 Å². The minimum absolute atomic E-state index is 0.136. The van der Waals surface area contributed by atoms with Crippen LogP contribution < -0.4 is 20.1 Å². The summed E-state index contributed by atoms with van der Waals surface area (Å²) in [4.78, 5) is 0. The van der Waals surface area contributed by atoms with Crippen LogP contribution in [0.4, 0.5) is 0 Å². The Bertz CT molecular complexity index is 1290. The molecule has 0 aliphatic carbocycles. The van der Waals surface area contributed by atoms with E-state index in [9.17, 15) is 0 Å². The largest absolute Gasteiger partial charge is 0.487 e. The van der Waals surface area contributed by atoms with E-state index >= 15 is 0 Å². The third-order valence-corrected chi connectivity index (χ3v) is 7.18. The Morgan fingerprint density at radius 1 is 0.625 bits per heavy atom. The number of rotatable bonds is 15. The third-order valence-electron chi connectivity index (χ3n) is 7.18. The molecule has 0 unspecified atom stereocenters. The number of aryl methyl sites for hydroxylation is 2. The fraction of sp³-hybridized carbons (Fsp3) is 0.375. The van der Waals surface area contributed by atoms with Gasteiger partial charge in [0.25, 0.3) is 0 Å². The molecule has 40 heavy (non-hydrogen) atoms. The van der Waals surface area contributed by atoms with Crippen molar-refractivity contribution in [2.24, 2.45) is 14.1 Å². The molecular formula is C32H42N4O4. The molecule has 4 rings (SSSR count). The minimum Gasteiger partial charge on any atom is -0.487 e. The standard InChI is InChI=1S/C32H42N4O4/c1-23-17-25(19-33-13-15-37)5-11-31(23)39-21-27-7-9-29(35(27)3)30-10-8-28(36(30)4)22-40-32-12-6-26(18-24(32)2)20-34-14-16-38/h5-12,17-18,33-34,37-38H,13-16,19-22H2,1-4H3. The van der Waals surface area contributed by atoms with Crippen molar-refractivity contribution in [1.82, 2.24) is 19.8 Å². The van der Waals surface area contributed by atoms with Gasteiger partial charge >= 0.3 is 0 Å². The maximum absolute atomic E-state index is 8.95. The Hall–Kier alpha value is -3.56. The molecule has 0 amide bonds. The van der Waals surface area contributed by atoms with Crippen molar-refractivity contribution in [1.29, 1.82) is 0 Å². The summed E-state index contributed by atoms with van der Waals surface area (Å²) >= 11 is 0. The SMILES string of the molecule is Cc1cc(CNCCO)ccc1OCc1ccc(-c2ccc(COc3ccc(CNCCO)cc3C)n2C)n1C. The predicted molar refractivity (Wildman–Crippen MR) is 158 cm³/mol. The van der Waals surface area contributed by atoms with Crippen LogP contribution in [0.3, 0.4) is 0 Å². The molecule has 214 valence electrons. The van der Waals surface area contributed by atoms with Gasteiger partial charge in [0, 0.05) is 40.3 Å². The Morgan fingerprint density at radius 3 is 1.43 bits per heavy atom. The first-order chi connectivity index (χ1) is 19.4. The Labute approximate surface area is 237 Å². The first-order valence-corrected chi connectivity index (χ1v) is 13.8. The average Bonchev–Trinajstić information content (AvgIpc) is 3.49. The lowest BCUT2D eigenvalue weighted by atomic mass is 10.1. The average molecular weight is 547 g/mol. The summed E-state index contributed by atoms with van der Waals surface area (Å²) in [7, 11) is 4.14. The molecular weight excluding hydrogens is 504 g/mol. The molecule has 2 aromatic carbocycles. The van der Waals surface area contributed by atoms with E-state index in [1.807, 2.05) is 12.1 Å². The van der Waals surface area contributed by atoms with Crippen molar-refractivity contribution in [2.45, 2.75) is 40.2 Å². The molecule has 0 aliphatic heterocycles. The quantitative estimate of drug-likeness (QED) is 0.169. The van der Waals surface area contributed by atoms with Crippen molar-refractivity contribution in [3.63, 3.8) is 0 Å². The van der Waals surface area contributed by atoms with E-state index in [4.69, 9.17) is 19.7 Å². The highest BCUT2D eigenvalue weighted by Crippen LogP contribution is 2.27. The van der Waals surface area contributed by atoms with Gasteiger partial charge in [-0.3, -0.25) is 0 Å². The fourth-order valence-electron chi connectivity index (χ4n) is 4.80. The van der Waals surface area contributed by atoms with Gasteiger partial charge in [-0.2, -0.15) is 0 Å². The van der Waals surface area contributed by atoms with Crippen LogP contribution in [0.5, 0.6) is 11.5 Å². The number of nitrogens with one attached hydrogen (secondary N) is 2. The van der Waals surface area contributed by atoms with Crippen molar-refractivity contribution in [3.05, 3.63) is 94.3 Å². The highest BCUT2D eigenvalue weighted by atomic mass is 16.5. The smallest absolute Gasteiger partial charge is 0.128 e. The Kier molecular flexibility index (Phi) is 10.4. The zero-order chi connectivity index (χ0) is 28.5. The van der Waals surface area contributed by atoms with E-state index in [0.29, 0.717) is 26.3 Å². The second-order valence-electron chi connectivity index (χ2n) is 10.1. The van der Waals surface area contributed by atoms with E-state index in [0.717, 1.165) is 58.5 Å². The van der Waals surface area contributed by atoms with Crippen LogP contribution >= 0.6 is 0 Å². The molecule has 4 N–H and O–H groups in total. The molecule has 4 aromatic rings.